The Morgan fingerprint density at radius 1 is 1.42 bits per heavy atom. The average Bonchev–Trinajstić information content (AvgIpc) is 2.92. The Kier molecular flexibility index (Phi) is 4.98. The summed E-state index contributed by atoms with van der Waals surface area (Å²) in [4.78, 5) is 24.0. The molecule has 0 aliphatic carbocycles. The first-order chi connectivity index (χ1) is 11.1. The lowest BCUT2D eigenvalue weighted by Gasteiger charge is -2.27. The largest absolute Gasteiger partial charge is 0.483 e. The van der Waals surface area contributed by atoms with E-state index in [4.69, 9.17) is 21.4 Å². The predicted molar refractivity (Wildman–Crippen MR) is 79.0 cm³/mol. The number of carbonyl (C=O) groups is 2. The van der Waals surface area contributed by atoms with Crippen LogP contribution in [0.1, 0.15) is 12.0 Å². The first kappa shape index (κ1) is 18.4. The van der Waals surface area contributed by atoms with Gasteiger partial charge in [0, 0.05) is 18.1 Å². The van der Waals surface area contributed by atoms with Gasteiger partial charge in [-0.1, -0.05) is 11.6 Å². The zero-order valence-corrected chi connectivity index (χ0v) is 13.4. The normalized spacial score (nSPS) is 21.0. The molecule has 1 heterocycles. The maximum absolute atomic E-state index is 13.1. The Balaban J connectivity index is 2.03. The van der Waals surface area contributed by atoms with E-state index in [1.807, 2.05) is 0 Å². The third-order valence-corrected chi connectivity index (χ3v) is 4.30. The van der Waals surface area contributed by atoms with Gasteiger partial charge in [-0.2, -0.15) is 13.2 Å². The van der Waals surface area contributed by atoms with Crippen molar-refractivity contribution in [3.8, 4) is 5.75 Å². The van der Waals surface area contributed by atoms with Gasteiger partial charge in [0.1, 0.15) is 5.75 Å². The lowest BCUT2D eigenvalue weighted by molar-refractivity contribution is -0.227. The van der Waals surface area contributed by atoms with E-state index in [2.05, 4.69) is 0 Å². The van der Waals surface area contributed by atoms with Gasteiger partial charge in [0.05, 0.1) is 0 Å². The zero-order valence-electron chi connectivity index (χ0n) is 12.7. The number of nitrogens with zero attached hydrogens (tertiary/aromatic N) is 1. The molecule has 24 heavy (non-hydrogen) atoms. The van der Waals surface area contributed by atoms with E-state index < -0.39 is 43.0 Å². The van der Waals surface area contributed by atoms with Crippen molar-refractivity contribution in [3.05, 3.63) is 28.8 Å². The molecule has 0 spiro atoms. The number of amides is 1. The molecule has 1 aromatic carbocycles. The molecule has 1 aromatic rings. The lowest BCUT2D eigenvalue weighted by atomic mass is 9.86. The molecule has 9 heteroatoms. The molecule has 0 radical (unpaired) electrons. The van der Waals surface area contributed by atoms with Crippen molar-refractivity contribution in [2.45, 2.75) is 19.5 Å². The monoisotopic (exact) mass is 365 g/mol. The number of rotatable bonds is 4. The van der Waals surface area contributed by atoms with E-state index in [0.717, 1.165) is 4.90 Å². The van der Waals surface area contributed by atoms with Crippen molar-refractivity contribution in [1.82, 2.24) is 4.90 Å². The number of aliphatic carboxylic acids is 1. The minimum atomic E-state index is -4.93. The summed E-state index contributed by atoms with van der Waals surface area (Å²) in [5.74, 6) is -2.29. The number of ether oxygens (including phenoxy) is 1. The zero-order chi connectivity index (χ0) is 18.1. The Morgan fingerprint density at radius 3 is 2.58 bits per heavy atom. The van der Waals surface area contributed by atoms with Gasteiger partial charge in [0.25, 0.3) is 5.91 Å². The van der Waals surface area contributed by atoms with Crippen LogP contribution in [0.4, 0.5) is 13.2 Å². The SMILES string of the molecule is Cc1cc(Cl)ccc1OCC(=O)N1CCC(C(=O)O)(C(F)(F)F)C1. The third kappa shape index (κ3) is 3.43. The van der Waals surface area contributed by atoms with Crippen LogP contribution < -0.4 is 4.74 Å². The number of carboxylic acid groups (broad SMARTS) is 1. The summed E-state index contributed by atoms with van der Waals surface area (Å²) in [7, 11) is 0. The van der Waals surface area contributed by atoms with Gasteiger partial charge >= 0.3 is 12.1 Å². The van der Waals surface area contributed by atoms with Crippen molar-refractivity contribution >= 4 is 23.5 Å². The van der Waals surface area contributed by atoms with E-state index >= 15 is 0 Å². The molecule has 2 rings (SSSR count). The Morgan fingerprint density at radius 2 is 2.08 bits per heavy atom. The number of halogens is 4. The van der Waals surface area contributed by atoms with Gasteiger partial charge in [-0.05, 0) is 37.1 Å². The number of alkyl halides is 3. The smallest absolute Gasteiger partial charge is 0.406 e. The van der Waals surface area contributed by atoms with Crippen LogP contribution in [0, 0.1) is 12.3 Å². The van der Waals surface area contributed by atoms with Crippen LogP contribution in [0.3, 0.4) is 0 Å². The number of aryl methyl sites for hydroxylation is 1. The molecule has 1 saturated heterocycles. The molecular formula is C15H15ClF3NO4. The highest BCUT2D eigenvalue weighted by Crippen LogP contribution is 2.45. The number of benzene rings is 1. The highest BCUT2D eigenvalue weighted by atomic mass is 35.5. The van der Waals surface area contributed by atoms with Gasteiger partial charge in [-0.25, -0.2) is 0 Å². The minimum Gasteiger partial charge on any atom is -0.483 e. The highest BCUT2D eigenvalue weighted by molar-refractivity contribution is 6.30. The van der Waals surface area contributed by atoms with Crippen molar-refractivity contribution in [2.24, 2.45) is 5.41 Å². The summed E-state index contributed by atoms with van der Waals surface area (Å²) in [5, 5.41) is 9.46. The summed E-state index contributed by atoms with van der Waals surface area (Å²) < 4.78 is 44.5. The lowest BCUT2D eigenvalue weighted by Crippen LogP contribution is -2.48. The van der Waals surface area contributed by atoms with E-state index in [1.165, 1.54) is 0 Å². The molecule has 1 fully saturated rings. The number of hydrogen-bond donors (Lipinski definition) is 1. The van der Waals surface area contributed by atoms with Crippen molar-refractivity contribution in [2.75, 3.05) is 19.7 Å². The predicted octanol–water partition coefficient (Wildman–Crippen LogP) is 2.89. The fourth-order valence-corrected chi connectivity index (χ4v) is 2.78. The molecule has 1 amide bonds. The molecule has 1 aliphatic rings. The summed E-state index contributed by atoms with van der Waals surface area (Å²) in [5.41, 5.74) is -2.24. The fraction of sp³-hybridized carbons (Fsp3) is 0.467. The second-order valence-corrected chi connectivity index (χ2v) is 6.09. The van der Waals surface area contributed by atoms with Crippen molar-refractivity contribution in [3.63, 3.8) is 0 Å². The number of carboxylic acids is 1. The number of likely N-dealkylation sites (tertiary alicyclic amines) is 1. The van der Waals surface area contributed by atoms with E-state index in [0.29, 0.717) is 16.3 Å². The van der Waals surface area contributed by atoms with Crippen LogP contribution >= 0.6 is 11.6 Å². The maximum Gasteiger partial charge on any atom is 0.406 e. The molecule has 1 aliphatic heterocycles. The van der Waals surface area contributed by atoms with Crippen LogP contribution in [0.5, 0.6) is 5.75 Å². The van der Waals surface area contributed by atoms with Crippen molar-refractivity contribution in [1.29, 1.82) is 0 Å². The highest BCUT2D eigenvalue weighted by Gasteiger charge is 2.64. The van der Waals surface area contributed by atoms with Crippen LogP contribution in [0.15, 0.2) is 18.2 Å². The van der Waals surface area contributed by atoms with Gasteiger partial charge < -0.3 is 14.7 Å². The van der Waals surface area contributed by atoms with Crippen molar-refractivity contribution < 1.29 is 32.6 Å². The topological polar surface area (TPSA) is 66.8 Å². The molecule has 0 aromatic heterocycles. The second kappa shape index (κ2) is 6.51. The Hall–Kier alpha value is -1.96. The molecular weight excluding hydrogens is 351 g/mol. The molecule has 1 atom stereocenters. The summed E-state index contributed by atoms with van der Waals surface area (Å²) in [6.07, 6.45) is -5.60. The minimum absolute atomic E-state index is 0.284. The Labute approximate surface area is 141 Å². The van der Waals surface area contributed by atoms with Gasteiger partial charge in [0.15, 0.2) is 12.0 Å². The van der Waals surface area contributed by atoms with E-state index in [9.17, 15) is 22.8 Å². The van der Waals surface area contributed by atoms with Crippen LogP contribution in [-0.4, -0.2) is 47.8 Å². The summed E-state index contributed by atoms with van der Waals surface area (Å²) in [6, 6.07) is 4.73. The van der Waals surface area contributed by atoms with Gasteiger partial charge in [-0.15, -0.1) is 0 Å². The Bertz CT molecular complexity index is 665. The van der Waals surface area contributed by atoms with Crippen LogP contribution in [0.25, 0.3) is 0 Å². The first-order valence-corrected chi connectivity index (χ1v) is 7.41. The second-order valence-electron chi connectivity index (χ2n) is 5.65. The molecule has 0 saturated carbocycles. The quantitative estimate of drug-likeness (QED) is 0.891. The molecule has 132 valence electrons. The summed E-state index contributed by atoms with van der Waals surface area (Å²) in [6.45, 7) is 0.0396. The number of hydrogen-bond acceptors (Lipinski definition) is 3. The molecule has 1 unspecified atom stereocenters. The van der Waals surface area contributed by atoms with Gasteiger partial charge in [0.2, 0.25) is 0 Å². The van der Waals surface area contributed by atoms with E-state index in [-0.39, 0.29) is 6.54 Å². The summed E-state index contributed by atoms with van der Waals surface area (Å²) >= 11 is 5.79. The third-order valence-electron chi connectivity index (χ3n) is 4.06. The van der Waals surface area contributed by atoms with Crippen LogP contribution in [0.2, 0.25) is 5.02 Å². The molecule has 1 N–H and O–H groups in total. The molecule has 0 bridgehead atoms. The standard InChI is InChI=1S/C15H15ClF3NO4/c1-9-6-10(16)2-3-11(9)24-7-12(21)20-5-4-14(8-20,13(22)23)15(17,18)19/h2-3,6H,4-5,7-8H2,1H3,(H,22,23). The number of carbonyl (C=O) groups excluding carboxylic acids is 1. The van der Waals surface area contributed by atoms with Crippen LogP contribution in [-0.2, 0) is 9.59 Å². The maximum atomic E-state index is 13.1. The van der Waals surface area contributed by atoms with Gasteiger partial charge in [-0.3, -0.25) is 9.59 Å². The van der Waals surface area contributed by atoms with E-state index in [1.54, 1.807) is 25.1 Å². The molecule has 5 nitrogen and oxygen atoms in total. The average molecular weight is 366 g/mol. The first-order valence-electron chi connectivity index (χ1n) is 7.04. The fourth-order valence-electron chi connectivity index (χ4n) is 2.56.